The number of aryl methyl sites for hydroxylation is 1. The molecule has 1 aromatic carbocycles. The van der Waals surface area contributed by atoms with E-state index in [0.717, 1.165) is 18.0 Å². The van der Waals surface area contributed by atoms with Crippen LogP contribution in [0.15, 0.2) is 28.8 Å². The van der Waals surface area contributed by atoms with Crippen LogP contribution in [0.5, 0.6) is 5.75 Å². The van der Waals surface area contributed by atoms with E-state index in [1.54, 1.807) is 12.1 Å². The normalized spacial score (nSPS) is 13.1. The van der Waals surface area contributed by atoms with Crippen LogP contribution in [0.2, 0.25) is 0 Å². The van der Waals surface area contributed by atoms with Gasteiger partial charge in [0.15, 0.2) is 5.75 Å². The van der Waals surface area contributed by atoms with Crippen LogP contribution in [0, 0.1) is 6.92 Å². The van der Waals surface area contributed by atoms with E-state index in [0.29, 0.717) is 30.2 Å². The molecule has 0 aliphatic carbocycles. The van der Waals surface area contributed by atoms with Gasteiger partial charge in [-0.15, -0.1) is 0 Å². The Morgan fingerprint density at radius 3 is 3.20 bits per heavy atom. The van der Waals surface area contributed by atoms with Crippen LogP contribution in [0.4, 0.5) is 5.69 Å². The number of ether oxygens (including phenoxy) is 1. The number of aromatic nitrogens is 1. The molecule has 0 saturated carbocycles. The fourth-order valence-electron chi connectivity index (χ4n) is 2.12. The first-order valence-corrected chi connectivity index (χ1v) is 6.44. The van der Waals surface area contributed by atoms with Crippen LogP contribution in [0.25, 0.3) is 0 Å². The molecule has 0 atom stereocenters. The van der Waals surface area contributed by atoms with E-state index >= 15 is 0 Å². The van der Waals surface area contributed by atoms with Gasteiger partial charge in [0, 0.05) is 12.6 Å². The Morgan fingerprint density at radius 1 is 1.50 bits per heavy atom. The number of benzene rings is 1. The summed E-state index contributed by atoms with van der Waals surface area (Å²) in [5.74, 6) is 1.14. The molecule has 0 saturated heterocycles. The predicted molar refractivity (Wildman–Crippen MR) is 72.8 cm³/mol. The average Bonchev–Trinajstić information content (AvgIpc) is 2.90. The maximum Gasteiger partial charge on any atom is 0.255 e. The first-order chi connectivity index (χ1) is 9.74. The molecule has 1 aliphatic heterocycles. The molecule has 0 spiro atoms. The lowest BCUT2D eigenvalue weighted by Gasteiger charge is -2.21. The van der Waals surface area contributed by atoms with Crippen LogP contribution in [0.3, 0.4) is 0 Å². The van der Waals surface area contributed by atoms with Gasteiger partial charge in [0.25, 0.3) is 5.91 Å². The number of nitrogens with zero attached hydrogens (tertiary/aromatic N) is 1. The van der Waals surface area contributed by atoms with Crippen molar-refractivity contribution in [3.63, 3.8) is 0 Å². The summed E-state index contributed by atoms with van der Waals surface area (Å²) in [6.07, 6.45) is 0. The molecule has 2 aromatic rings. The summed E-state index contributed by atoms with van der Waals surface area (Å²) in [6, 6.07) is 7.26. The van der Waals surface area contributed by atoms with Gasteiger partial charge in [-0.1, -0.05) is 11.2 Å². The van der Waals surface area contributed by atoms with E-state index in [1.165, 1.54) is 0 Å². The van der Waals surface area contributed by atoms with Crippen molar-refractivity contribution in [3.05, 3.63) is 41.3 Å². The van der Waals surface area contributed by atoms with Crippen molar-refractivity contribution in [2.24, 2.45) is 0 Å². The summed E-state index contributed by atoms with van der Waals surface area (Å²) in [7, 11) is 0. The third kappa shape index (κ3) is 2.45. The highest BCUT2D eigenvalue weighted by Crippen LogP contribution is 2.31. The predicted octanol–water partition coefficient (Wildman–Crippen LogP) is 1.72. The molecule has 2 N–H and O–H groups in total. The minimum absolute atomic E-state index is 0.189. The fourth-order valence-corrected chi connectivity index (χ4v) is 2.12. The number of rotatable bonds is 3. The maximum absolute atomic E-state index is 12.2. The summed E-state index contributed by atoms with van der Waals surface area (Å²) >= 11 is 0. The van der Waals surface area contributed by atoms with Gasteiger partial charge in [0.2, 0.25) is 0 Å². The second-order valence-electron chi connectivity index (χ2n) is 4.57. The molecular formula is C14H15N3O3. The van der Waals surface area contributed by atoms with Crippen molar-refractivity contribution in [1.29, 1.82) is 0 Å². The minimum Gasteiger partial charge on any atom is -0.489 e. The number of anilines is 1. The SMILES string of the molecule is Cc1cc(CNC(=O)c2cccc3c2OCCN3)no1. The molecule has 3 rings (SSSR count). The number of carbonyl (C=O) groups excluding carboxylic acids is 1. The Kier molecular flexibility index (Phi) is 3.28. The van der Waals surface area contributed by atoms with Crippen molar-refractivity contribution in [2.45, 2.75) is 13.5 Å². The van der Waals surface area contributed by atoms with Crippen molar-refractivity contribution in [1.82, 2.24) is 10.5 Å². The van der Waals surface area contributed by atoms with Crippen LogP contribution in [0.1, 0.15) is 21.8 Å². The molecule has 0 radical (unpaired) electrons. The number of amides is 1. The molecule has 0 bridgehead atoms. The Labute approximate surface area is 116 Å². The molecule has 1 aliphatic rings. The second-order valence-corrected chi connectivity index (χ2v) is 4.57. The summed E-state index contributed by atoms with van der Waals surface area (Å²) in [4.78, 5) is 12.2. The minimum atomic E-state index is -0.189. The van der Waals surface area contributed by atoms with E-state index < -0.39 is 0 Å². The van der Waals surface area contributed by atoms with Crippen molar-refractivity contribution in [3.8, 4) is 5.75 Å². The molecule has 0 fully saturated rings. The van der Waals surface area contributed by atoms with Crippen molar-refractivity contribution >= 4 is 11.6 Å². The lowest BCUT2D eigenvalue weighted by Crippen LogP contribution is -2.26. The van der Waals surface area contributed by atoms with E-state index in [2.05, 4.69) is 15.8 Å². The summed E-state index contributed by atoms with van der Waals surface area (Å²) in [5.41, 5.74) is 2.07. The highest BCUT2D eigenvalue weighted by atomic mass is 16.5. The average molecular weight is 273 g/mol. The topological polar surface area (TPSA) is 76.4 Å². The molecular weight excluding hydrogens is 258 g/mol. The van der Waals surface area contributed by atoms with Crippen LogP contribution in [-0.2, 0) is 6.54 Å². The lowest BCUT2D eigenvalue weighted by molar-refractivity contribution is 0.0946. The van der Waals surface area contributed by atoms with Crippen molar-refractivity contribution in [2.75, 3.05) is 18.5 Å². The molecule has 6 heteroatoms. The van der Waals surface area contributed by atoms with Crippen LogP contribution < -0.4 is 15.4 Å². The zero-order valence-electron chi connectivity index (χ0n) is 11.1. The van der Waals surface area contributed by atoms with Gasteiger partial charge in [-0.05, 0) is 19.1 Å². The first kappa shape index (κ1) is 12.5. The van der Waals surface area contributed by atoms with Crippen LogP contribution >= 0.6 is 0 Å². The Bertz CT molecular complexity index is 636. The maximum atomic E-state index is 12.2. The quantitative estimate of drug-likeness (QED) is 0.890. The van der Waals surface area contributed by atoms with Crippen molar-refractivity contribution < 1.29 is 14.1 Å². The Balaban J connectivity index is 1.74. The van der Waals surface area contributed by atoms with E-state index in [-0.39, 0.29) is 5.91 Å². The van der Waals surface area contributed by atoms with Gasteiger partial charge < -0.3 is 19.9 Å². The van der Waals surface area contributed by atoms with E-state index in [1.807, 2.05) is 19.1 Å². The Hall–Kier alpha value is -2.50. The summed E-state index contributed by atoms with van der Waals surface area (Å²) in [5, 5.41) is 9.85. The number of nitrogens with one attached hydrogen (secondary N) is 2. The monoisotopic (exact) mass is 273 g/mol. The molecule has 1 amide bonds. The third-order valence-electron chi connectivity index (χ3n) is 3.03. The number of hydrogen-bond acceptors (Lipinski definition) is 5. The van der Waals surface area contributed by atoms with Gasteiger partial charge in [-0.3, -0.25) is 4.79 Å². The second kappa shape index (κ2) is 5.24. The zero-order chi connectivity index (χ0) is 13.9. The number of fused-ring (bicyclic) bond motifs is 1. The molecule has 2 heterocycles. The molecule has 1 aromatic heterocycles. The number of para-hydroxylation sites is 1. The molecule has 0 unspecified atom stereocenters. The molecule has 6 nitrogen and oxygen atoms in total. The van der Waals surface area contributed by atoms with Gasteiger partial charge >= 0.3 is 0 Å². The zero-order valence-corrected chi connectivity index (χ0v) is 11.1. The molecule has 104 valence electrons. The van der Waals surface area contributed by atoms with E-state index in [9.17, 15) is 4.79 Å². The third-order valence-corrected chi connectivity index (χ3v) is 3.03. The highest BCUT2D eigenvalue weighted by molar-refractivity contribution is 5.98. The number of hydrogen-bond donors (Lipinski definition) is 2. The lowest BCUT2D eigenvalue weighted by atomic mass is 10.1. The first-order valence-electron chi connectivity index (χ1n) is 6.44. The Morgan fingerprint density at radius 2 is 2.40 bits per heavy atom. The largest absolute Gasteiger partial charge is 0.489 e. The highest BCUT2D eigenvalue weighted by Gasteiger charge is 2.18. The standard InChI is InChI=1S/C14H15N3O3/c1-9-7-10(17-20-9)8-16-14(18)11-3-2-4-12-13(11)19-6-5-15-12/h2-4,7,15H,5-6,8H2,1H3,(H,16,18). The van der Waals surface area contributed by atoms with Gasteiger partial charge in [0.05, 0.1) is 17.8 Å². The smallest absolute Gasteiger partial charge is 0.255 e. The van der Waals surface area contributed by atoms with Gasteiger partial charge in [0.1, 0.15) is 18.1 Å². The number of carbonyl (C=O) groups is 1. The molecule has 20 heavy (non-hydrogen) atoms. The van der Waals surface area contributed by atoms with Crippen LogP contribution in [-0.4, -0.2) is 24.2 Å². The van der Waals surface area contributed by atoms with E-state index in [4.69, 9.17) is 9.26 Å². The fraction of sp³-hybridized carbons (Fsp3) is 0.286. The summed E-state index contributed by atoms with van der Waals surface area (Å²) in [6.45, 7) is 3.44. The van der Waals surface area contributed by atoms with Gasteiger partial charge in [-0.25, -0.2) is 0 Å². The van der Waals surface area contributed by atoms with Gasteiger partial charge in [-0.2, -0.15) is 0 Å². The summed E-state index contributed by atoms with van der Waals surface area (Å²) < 4.78 is 10.5.